The van der Waals surface area contributed by atoms with Crippen LogP contribution in [-0.4, -0.2) is 49.9 Å². The van der Waals surface area contributed by atoms with E-state index in [4.69, 9.17) is 9.47 Å². The Balaban J connectivity index is 2.15. The first-order valence-electron chi connectivity index (χ1n) is 7.18. The van der Waals surface area contributed by atoms with Gasteiger partial charge in [0.2, 0.25) is 0 Å². The molecule has 2 rings (SSSR count). The number of likely N-dealkylation sites (N-methyl/N-ethyl adjacent to an activating group) is 1. The first-order chi connectivity index (χ1) is 9.76. The minimum Gasteiger partial charge on any atom is -0.377 e. The highest BCUT2D eigenvalue weighted by molar-refractivity contribution is 5.49. The van der Waals surface area contributed by atoms with Gasteiger partial charge in [-0.2, -0.15) is 0 Å². The number of aromatic nitrogens is 2. The Morgan fingerprint density at radius 3 is 2.95 bits per heavy atom. The molecule has 1 aliphatic heterocycles. The Morgan fingerprint density at radius 1 is 1.50 bits per heavy atom. The first-order valence-corrected chi connectivity index (χ1v) is 7.18. The molecule has 0 amide bonds. The molecule has 6 nitrogen and oxygen atoms in total. The molecule has 1 N–H and O–H groups in total. The van der Waals surface area contributed by atoms with Crippen LogP contribution in [0.4, 0.5) is 11.6 Å². The van der Waals surface area contributed by atoms with Crippen molar-refractivity contribution < 1.29 is 9.47 Å². The molecule has 0 aromatic carbocycles. The van der Waals surface area contributed by atoms with Crippen molar-refractivity contribution in [1.82, 2.24) is 9.97 Å². The van der Waals surface area contributed by atoms with Gasteiger partial charge in [0.15, 0.2) is 5.82 Å². The van der Waals surface area contributed by atoms with Gasteiger partial charge in [-0.1, -0.05) is 0 Å². The Labute approximate surface area is 120 Å². The molecule has 20 heavy (non-hydrogen) atoms. The van der Waals surface area contributed by atoms with Gasteiger partial charge in [0.1, 0.15) is 18.2 Å². The van der Waals surface area contributed by atoms with Crippen LogP contribution in [-0.2, 0) is 16.1 Å². The SMILES string of the molecule is CCN(CC1CCCO1)c1cc(NC)nc(COC)n1. The predicted octanol–water partition coefficient (Wildman–Crippen LogP) is 1.67. The van der Waals surface area contributed by atoms with E-state index in [2.05, 4.69) is 27.1 Å². The second kappa shape index (κ2) is 7.40. The molecule has 0 radical (unpaired) electrons. The molecule has 1 fully saturated rings. The summed E-state index contributed by atoms with van der Waals surface area (Å²) in [5.41, 5.74) is 0. The number of nitrogens with zero attached hydrogens (tertiary/aromatic N) is 3. The maximum atomic E-state index is 5.72. The summed E-state index contributed by atoms with van der Waals surface area (Å²) in [6, 6.07) is 1.97. The molecule has 112 valence electrons. The van der Waals surface area contributed by atoms with Crippen molar-refractivity contribution in [3.8, 4) is 0 Å². The van der Waals surface area contributed by atoms with Crippen molar-refractivity contribution >= 4 is 11.6 Å². The van der Waals surface area contributed by atoms with Crippen LogP contribution in [0.15, 0.2) is 6.07 Å². The molecule has 0 aliphatic carbocycles. The fourth-order valence-electron chi connectivity index (χ4n) is 2.39. The van der Waals surface area contributed by atoms with Crippen molar-refractivity contribution in [3.63, 3.8) is 0 Å². The highest BCUT2D eigenvalue weighted by Gasteiger charge is 2.20. The van der Waals surface area contributed by atoms with E-state index in [1.54, 1.807) is 7.11 Å². The summed E-state index contributed by atoms with van der Waals surface area (Å²) >= 11 is 0. The number of hydrogen-bond acceptors (Lipinski definition) is 6. The van der Waals surface area contributed by atoms with Gasteiger partial charge in [0.05, 0.1) is 6.10 Å². The van der Waals surface area contributed by atoms with Crippen molar-refractivity contribution in [2.45, 2.75) is 32.5 Å². The zero-order valence-electron chi connectivity index (χ0n) is 12.6. The molecule has 2 heterocycles. The molecule has 1 aliphatic rings. The fraction of sp³-hybridized carbons (Fsp3) is 0.714. The second-order valence-corrected chi connectivity index (χ2v) is 4.88. The van der Waals surface area contributed by atoms with Gasteiger partial charge in [0.25, 0.3) is 0 Å². The lowest BCUT2D eigenvalue weighted by atomic mass is 10.2. The summed E-state index contributed by atoms with van der Waals surface area (Å²) in [5, 5.41) is 3.07. The van der Waals surface area contributed by atoms with Crippen LogP contribution in [0.1, 0.15) is 25.6 Å². The smallest absolute Gasteiger partial charge is 0.158 e. The van der Waals surface area contributed by atoms with Crippen LogP contribution in [0.25, 0.3) is 0 Å². The van der Waals surface area contributed by atoms with Gasteiger partial charge in [-0.3, -0.25) is 0 Å². The molecule has 1 aromatic rings. The van der Waals surface area contributed by atoms with E-state index in [9.17, 15) is 0 Å². The lowest BCUT2D eigenvalue weighted by Crippen LogP contribution is -2.33. The zero-order chi connectivity index (χ0) is 14.4. The van der Waals surface area contributed by atoms with E-state index in [1.165, 1.54) is 0 Å². The van der Waals surface area contributed by atoms with E-state index >= 15 is 0 Å². The predicted molar refractivity (Wildman–Crippen MR) is 79.2 cm³/mol. The number of rotatable bonds is 7. The standard InChI is InChI=1S/C14H24N4O2/c1-4-18(9-11-6-5-7-20-11)14-8-12(15-2)16-13(17-14)10-19-3/h8,11H,4-7,9-10H2,1-3H3,(H,15,16,17). The number of anilines is 2. The molecule has 0 spiro atoms. The summed E-state index contributed by atoms with van der Waals surface area (Å²) in [7, 11) is 3.51. The zero-order valence-corrected chi connectivity index (χ0v) is 12.6. The molecule has 1 atom stereocenters. The quantitative estimate of drug-likeness (QED) is 0.820. The summed E-state index contributed by atoms with van der Waals surface area (Å²) in [6.07, 6.45) is 2.60. The van der Waals surface area contributed by atoms with Gasteiger partial charge >= 0.3 is 0 Å². The Bertz CT molecular complexity index is 422. The summed E-state index contributed by atoms with van der Waals surface area (Å²) in [4.78, 5) is 11.2. The third kappa shape index (κ3) is 3.80. The monoisotopic (exact) mass is 280 g/mol. The van der Waals surface area contributed by atoms with E-state index in [0.717, 1.165) is 44.2 Å². The van der Waals surface area contributed by atoms with E-state index in [-0.39, 0.29) is 0 Å². The third-order valence-electron chi connectivity index (χ3n) is 3.44. The van der Waals surface area contributed by atoms with Crippen molar-refractivity contribution in [3.05, 3.63) is 11.9 Å². The highest BCUT2D eigenvalue weighted by atomic mass is 16.5. The Hall–Kier alpha value is -1.40. The lowest BCUT2D eigenvalue weighted by molar-refractivity contribution is 0.115. The van der Waals surface area contributed by atoms with Crippen LogP contribution in [0.5, 0.6) is 0 Å². The molecule has 1 aromatic heterocycles. The molecular formula is C14H24N4O2. The largest absolute Gasteiger partial charge is 0.377 e. The van der Waals surface area contributed by atoms with Crippen molar-refractivity contribution in [1.29, 1.82) is 0 Å². The van der Waals surface area contributed by atoms with Crippen LogP contribution >= 0.6 is 0 Å². The molecular weight excluding hydrogens is 256 g/mol. The number of methoxy groups -OCH3 is 1. The van der Waals surface area contributed by atoms with Gasteiger partial charge < -0.3 is 19.7 Å². The van der Waals surface area contributed by atoms with Crippen molar-refractivity contribution in [2.75, 3.05) is 44.1 Å². The highest BCUT2D eigenvalue weighted by Crippen LogP contribution is 2.20. The molecule has 0 bridgehead atoms. The van der Waals surface area contributed by atoms with Gasteiger partial charge in [-0.15, -0.1) is 0 Å². The number of ether oxygens (including phenoxy) is 2. The first kappa shape index (κ1) is 15.0. The second-order valence-electron chi connectivity index (χ2n) is 4.88. The van der Waals surface area contributed by atoms with Gasteiger partial charge in [-0.25, -0.2) is 9.97 Å². The maximum absolute atomic E-state index is 5.72. The van der Waals surface area contributed by atoms with Gasteiger partial charge in [0, 0.05) is 39.9 Å². The average Bonchev–Trinajstić information content (AvgIpc) is 2.97. The van der Waals surface area contributed by atoms with Crippen LogP contribution in [0, 0.1) is 0 Å². The fourth-order valence-corrected chi connectivity index (χ4v) is 2.39. The van der Waals surface area contributed by atoms with Crippen LogP contribution in [0.2, 0.25) is 0 Å². The Morgan fingerprint density at radius 2 is 2.35 bits per heavy atom. The maximum Gasteiger partial charge on any atom is 0.158 e. The minimum absolute atomic E-state index is 0.314. The van der Waals surface area contributed by atoms with Gasteiger partial charge in [-0.05, 0) is 19.8 Å². The summed E-state index contributed by atoms with van der Waals surface area (Å²) < 4.78 is 10.8. The minimum atomic E-state index is 0.314. The lowest BCUT2D eigenvalue weighted by Gasteiger charge is -2.25. The topological polar surface area (TPSA) is 59.5 Å². The van der Waals surface area contributed by atoms with E-state index in [0.29, 0.717) is 18.5 Å². The molecule has 1 saturated heterocycles. The summed E-state index contributed by atoms with van der Waals surface area (Å²) in [5.74, 6) is 2.43. The normalized spacial score (nSPS) is 18.2. The molecule has 1 unspecified atom stereocenters. The molecule has 6 heteroatoms. The number of nitrogens with one attached hydrogen (secondary N) is 1. The third-order valence-corrected chi connectivity index (χ3v) is 3.44. The Kier molecular flexibility index (Phi) is 5.55. The van der Waals surface area contributed by atoms with Crippen molar-refractivity contribution in [2.24, 2.45) is 0 Å². The van der Waals surface area contributed by atoms with Crippen LogP contribution < -0.4 is 10.2 Å². The summed E-state index contributed by atoms with van der Waals surface area (Å²) in [6.45, 7) is 5.20. The van der Waals surface area contributed by atoms with E-state index in [1.807, 2.05) is 13.1 Å². The number of hydrogen-bond donors (Lipinski definition) is 1. The van der Waals surface area contributed by atoms with Crippen LogP contribution in [0.3, 0.4) is 0 Å². The average molecular weight is 280 g/mol. The molecule has 0 saturated carbocycles. The van der Waals surface area contributed by atoms with E-state index < -0.39 is 0 Å².